The van der Waals surface area contributed by atoms with Gasteiger partial charge in [-0.3, -0.25) is 9.59 Å². The number of halogens is 3. The topological polar surface area (TPSA) is 104 Å². The van der Waals surface area contributed by atoms with Crippen LogP contribution in [-0.2, 0) is 16.1 Å². The van der Waals surface area contributed by atoms with E-state index >= 15 is 0 Å². The van der Waals surface area contributed by atoms with E-state index in [-0.39, 0.29) is 11.8 Å². The Morgan fingerprint density at radius 2 is 1.94 bits per heavy atom. The first kappa shape index (κ1) is 23.8. The molecule has 2 saturated heterocycles. The number of aromatic nitrogens is 1. The molecule has 12 heteroatoms. The normalized spacial score (nSPS) is 20.6. The van der Waals surface area contributed by atoms with Gasteiger partial charge in [-0.25, -0.2) is 9.78 Å². The minimum Gasteiger partial charge on any atom is -0.475 e. The van der Waals surface area contributed by atoms with E-state index in [4.69, 9.17) is 14.3 Å². The fourth-order valence-corrected chi connectivity index (χ4v) is 4.53. The maximum atomic E-state index is 13.0. The highest BCUT2D eigenvalue weighted by molar-refractivity contribution is 7.09. The van der Waals surface area contributed by atoms with Gasteiger partial charge in [0.25, 0.3) is 5.91 Å². The van der Waals surface area contributed by atoms with Crippen molar-refractivity contribution in [3.8, 4) is 0 Å². The van der Waals surface area contributed by atoms with Crippen LogP contribution >= 0.6 is 11.3 Å². The van der Waals surface area contributed by atoms with E-state index in [2.05, 4.69) is 4.98 Å². The number of aryl methyl sites for hydroxylation is 2. The van der Waals surface area contributed by atoms with Crippen LogP contribution in [0.4, 0.5) is 13.2 Å². The Hall–Kier alpha value is -2.89. The summed E-state index contributed by atoms with van der Waals surface area (Å²) in [6.45, 7) is 6.19. The van der Waals surface area contributed by atoms with Crippen molar-refractivity contribution in [1.29, 1.82) is 0 Å². The summed E-state index contributed by atoms with van der Waals surface area (Å²) in [5, 5.41) is 10.2. The second kappa shape index (κ2) is 8.93. The van der Waals surface area contributed by atoms with E-state index in [1.165, 1.54) is 6.26 Å². The number of thiazole rings is 1. The Kier molecular flexibility index (Phi) is 6.63. The molecule has 8 nitrogen and oxygen atoms in total. The van der Waals surface area contributed by atoms with Gasteiger partial charge in [-0.1, -0.05) is 0 Å². The molecule has 1 unspecified atom stereocenters. The van der Waals surface area contributed by atoms with Gasteiger partial charge in [-0.2, -0.15) is 13.2 Å². The smallest absolute Gasteiger partial charge is 0.475 e. The lowest BCUT2D eigenvalue weighted by Gasteiger charge is -2.23. The molecule has 0 bridgehead atoms. The standard InChI is InChI=1S/C18H21N3O3S.C2HF3O2/c1-12-15(3-8-24-12)16(22)21-7-5-18(11-21)4-6-20(17(18)23)9-14-10-25-13(2)19-14;3-2(4,5)1(6)7/h3,8,10H,4-7,9,11H2,1-2H3;(H,6,7). The molecule has 2 aromatic rings. The number of carboxylic acids is 1. The lowest BCUT2D eigenvalue weighted by atomic mass is 9.85. The molecule has 2 aliphatic heterocycles. The molecule has 1 spiro atoms. The monoisotopic (exact) mass is 473 g/mol. The third-order valence-electron chi connectivity index (χ3n) is 5.59. The first-order valence-electron chi connectivity index (χ1n) is 9.77. The number of carbonyl (C=O) groups excluding carboxylic acids is 2. The predicted octanol–water partition coefficient (Wildman–Crippen LogP) is 3.25. The third-order valence-corrected chi connectivity index (χ3v) is 6.42. The number of nitrogens with zero attached hydrogens (tertiary/aromatic N) is 3. The predicted molar refractivity (Wildman–Crippen MR) is 107 cm³/mol. The summed E-state index contributed by atoms with van der Waals surface area (Å²) in [5.74, 6) is -2.00. The number of likely N-dealkylation sites (tertiary alicyclic amines) is 2. The Balaban J connectivity index is 0.000000360. The molecule has 1 N–H and O–H groups in total. The fraction of sp³-hybridized carbons (Fsp3) is 0.500. The second-order valence-electron chi connectivity index (χ2n) is 7.78. The van der Waals surface area contributed by atoms with Crippen LogP contribution in [0.25, 0.3) is 0 Å². The number of carbonyl (C=O) groups is 3. The van der Waals surface area contributed by atoms with Gasteiger partial charge < -0.3 is 19.3 Å². The van der Waals surface area contributed by atoms with E-state index in [1.54, 1.807) is 29.2 Å². The highest BCUT2D eigenvalue weighted by atomic mass is 32.1. The van der Waals surface area contributed by atoms with Crippen LogP contribution in [0.15, 0.2) is 22.1 Å². The van der Waals surface area contributed by atoms with Gasteiger partial charge >= 0.3 is 12.1 Å². The Labute approximate surface area is 185 Å². The van der Waals surface area contributed by atoms with Crippen LogP contribution in [0.5, 0.6) is 0 Å². The molecule has 2 fully saturated rings. The summed E-state index contributed by atoms with van der Waals surface area (Å²) in [6, 6.07) is 1.70. The first-order valence-corrected chi connectivity index (χ1v) is 10.6. The minimum atomic E-state index is -5.08. The summed E-state index contributed by atoms with van der Waals surface area (Å²) in [5.41, 5.74) is 1.13. The molecule has 0 aromatic carbocycles. The van der Waals surface area contributed by atoms with Gasteiger partial charge in [0.2, 0.25) is 5.91 Å². The molecule has 2 aromatic heterocycles. The second-order valence-corrected chi connectivity index (χ2v) is 8.85. The van der Waals surface area contributed by atoms with Crippen molar-refractivity contribution in [2.45, 2.75) is 39.4 Å². The number of hydrogen-bond acceptors (Lipinski definition) is 6. The van der Waals surface area contributed by atoms with Crippen LogP contribution in [0, 0.1) is 19.3 Å². The Bertz CT molecular complexity index is 1020. The zero-order valence-corrected chi connectivity index (χ0v) is 18.3. The van der Waals surface area contributed by atoms with Crippen molar-refractivity contribution in [2.24, 2.45) is 5.41 Å². The Morgan fingerprint density at radius 1 is 1.28 bits per heavy atom. The van der Waals surface area contributed by atoms with Crippen molar-refractivity contribution < 1.29 is 37.1 Å². The van der Waals surface area contributed by atoms with Gasteiger partial charge in [0, 0.05) is 25.0 Å². The zero-order valence-electron chi connectivity index (χ0n) is 17.4. The van der Waals surface area contributed by atoms with Gasteiger partial charge in [-0.15, -0.1) is 11.3 Å². The van der Waals surface area contributed by atoms with Crippen molar-refractivity contribution in [1.82, 2.24) is 14.8 Å². The van der Waals surface area contributed by atoms with E-state index in [9.17, 15) is 22.8 Å². The molecule has 4 heterocycles. The van der Waals surface area contributed by atoms with Crippen molar-refractivity contribution in [3.63, 3.8) is 0 Å². The highest BCUT2D eigenvalue weighted by Crippen LogP contribution is 2.41. The van der Waals surface area contributed by atoms with E-state index < -0.39 is 17.6 Å². The quantitative estimate of drug-likeness (QED) is 0.734. The van der Waals surface area contributed by atoms with E-state index in [0.717, 1.165) is 30.1 Å². The summed E-state index contributed by atoms with van der Waals surface area (Å²) >= 11 is 1.61. The third kappa shape index (κ3) is 4.95. The largest absolute Gasteiger partial charge is 0.490 e. The molecule has 4 rings (SSSR count). The maximum Gasteiger partial charge on any atom is 0.490 e. The van der Waals surface area contributed by atoms with Crippen LogP contribution < -0.4 is 0 Å². The zero-order chi connectivity index (χ0) is 23.7. The van der Waals surface area contributed by atoms with E-state index in [1.807, 2.05) is 17.2 Å². The summed E-state index contributed by atoms with van der Waals surface area (Å²) in [6.07, 6.45) is -2.00. The number of carboxylic acid groups (broad SMARTS) is 1. The van der Waals surface area contributed by atoms with Gasteiger partial charge in [0.1, 0.15) is 5.76 Å². The number of amides is 2. The lowest BCUT2D eigenvalue weighted by Crippen LogP contribution is -2.38. The van der Waals surface area contributed by atoms with Crippen molar-refractivity contribution in [3.05, 3.63) is 39.7 Å². The van der Waals surface area contributed by atoms with Crippen molar-refractivity contribution >= 4 is 29.1 Å². The minimum absolute atomic E-state index is 0.0375. The molecule has 174 valence electrons. The maximum absolute atomic E-state index is 13.0. The van der Waals surface area contributed by atoms with Gasteiger partial charge in [0.05, 0.1) is 34.5 Å². The molecule has 32 heavy (non-hydrogen) atoms. The van der Waals surface area contributed by atoms with Crippen LogP contribution in [0.3, 0.4) is 0 Å². The number of aliphatic carboxylic acids is 1. The molecule has 0 radical (unpaired) electrons. The number of hydrogen-bond donors (Lipinski definition) is 1. The lowest BCUT2D eigenvalue weighted by molar-refractivity contribution is -0.192. The SMILES string of the molecule is Cc1nc(CN2CCC3(CCN(C(=O)c4ccoc4C)C3)C2=O)cs1.O=C(O)C(F)(F)F. The summed E-state index contributed by atoms with van der Waals surface area (Å²) in [7, 11) is 0. The molecule has 2 aliphatic rings. The average Bonchev–Trinajstić information content (AvgIpc) is 3.48. The first-order chi connectivity index (χ1) is 14.9. The number of rotatable bonds is 3. The van der Waals surface area contributed by atoms with Crippen LogP contribution in [-0.4, -0.2) is 63.5 Å². The van der Waals surface area contributed by atoms with Gasteiger partial charge in [-0.05, 0) is 32.8 Å². The molecule has 0 saturated carbocycles. The van der Waals surface area contributed by atoms with Crippen LogP contribution in [0.1, 0.15) is 39.7 Å². The Morgan fingerprint density at radius 3 is 2.47 bits per heavy atom. The van der Waals surface area contributed by atoms with E-state index in [0.29, 0.717) is 31.0 Å². The molecular weight excluding hydrogens is 451 g/mol. The van der Waals surface area contributed by atoms with Crippen LogP contribution in [0.2, 0.25) is 0 Å². The molecule has 1 atom stereocenters. The summed E-state index contributed by atoms with van der Waals surface area (Å²) < 4.78 is 37.0. The fourth-order valence-electron chi connectivity index (χ4n) is 3.92. The van der Waals surface area contributed by atoms with Gasteiger partial charge in [0.15, 0.2) is 0 Å². The average molecular weight is 473 g/mol. The molecule has 0 aliphatic carbocycles. The molecule has 2 amide bonds. The highest BCUT2D eigenvalue weighted by Gasteiger charge is 2.51. The van der Waals surface area contributed by atoms with Crippen molar-refractivity contribution in [2.75, 3.05) is 19.6 Å². The number of alkyl halides is 3. The number of furan rings is 1. The molecular formula is C20H22F3N3O5S. The summed E-state index contributed by atoms with van der Waals surface area (Å²) in [4.78, 5) is 42.7.